The van der Waals surface area contributed by atoms with Gasteiger partial charge in [0.25, 0.3) is 5.91 Å². The van der Waals surface area contributed by atoms with Gasteiger partial charge < -0.3 is 16.4 Å². The Hall–Kier alpha value is -2.56. The monoisotopic (exact) mass is 270 g/mol. The molecule has 2 aromatic rings. The normalized spacial score (nSPS) is 10.3. The second-order valence-corrected chi connectivity index (χ2v) is 4.57. The Labute approximate surface area is 118 Å². The highest BCUT2D eigenvalue weighted by molar-refractivity contribution is 5.98. The average Bonchev–Trinajstić information content (AvgIpc) is 2.47. The maximum Gasteiger partial charge on any atom is 0.250 e. The largest absolute Gasteiger partial charge is 0.397 e. The van der Waals surface area contributed by atoms with Crippen LogP contribution in [0.25, 0.3) is 0 Å². The number of anilines is 3. The molecule has 5 nitrogen and oxygen atoms in total. The number of pyridine rings is 1. The van der Waals surface area contributed by atoms with Gasteiger partial charge in [0.15, 0.2) is 0 Å². The highest BCUT2D eigenvalue weighted by Crippen LogP contribution is 2.24. The minimum atomic E-state index is -0.555. The first kappa shape index (κ1) is 13.9. The number of aromatic nitrogens is 1. The number of nitrogens with two attached hydrogens (primary N) is 2. The fourth-order valence-electron chi connectivity index (χ4n) is 1.94. The molecule has 104 valence electrons. The van der Waals surface area contributed by atoms with Crippen LogP contribution in [-0.2, 0) is 6.42 Å². The van der Waals surface area contributed by atoms with Gasteiger partial charge in [-0.3, -0.25) is 4.79 Å². The van der Waals surface area contributed by atoms with E-state index in [1.165, 1.54) is 11.8 Å². The van der Waals surface area contributed by atoms with Crippen LogP contribution < -0.4 is 16.4 Å². The Bertz CT molecular complexity index is 622. The fraction of sp³-hybridized carbons (Fsp3) is 0.200. The molecule has 1 heterocycles. The quantitative estimate of drug-likeness (QED) is 0.890. The summed E-state index contributed by atoms with van der Waals surface area (Å²) < 4.78 is 0. The molecule has 0 atom stereocenters. The fourth-order valence-corrected chi connectivity index (χ4v) is 1.94. The van der Waals surface area contributed by atoms with E-state index in [1.807, 2.05) is 24.1 Å². The summed E-state index contributed by atoms with van der Waals surface area (Å²) in [6, 6.07) is 9.77. The zero-order valence-corrected chi connectivity index (χ0v) is 11.6. The zero-order chi connectivity index (χ0) is 14.7. The van der Waals surface area contributed by atoms with Crippen molar-refractivity contribution in [2.24, 2.45) is 5.73 Å². The van der Waals surface area contributed by atoms with Crippen LogP contribution in [0.1, 0.15) is 22.8 Å². The SMILES string of the molecule is CCc1ccc(N(C)c2cc(C(N)=O)c(N)cn2)cc1. The minimum absolute atomic E-state index is 0.284. The van der Waals surface area contributed by atoms with E-state index in [4.69, 9.17) is 11.5 Å². The molecule has 5 heteroatoms. The lowest BCUT2D eigenvalue weighted by Gasteiger charge is -2.19. The van der Waals surface area contributed by atoms with Crippen molar-refractivity contribution in [2.45, 2.75) is 13.3 Å². The molecule has 1 aromatic carbocycles. The van der Waals surface area contributed by atoms with Gasteiger partial charge >= 0.3 is 0 Å². The maximum absolute atomic E-state index is 11.3. The van der Waals surface area contributed by atoms with Gasteiger partial charge in [-0.15, -0.1) is 0 Å². The van der Waals surface area contributed by atoms with Crippen molar-refractivity contribution >= 4 is 23.1 Å². The molecule has 1 amide bonds. The van der Waals surface area contributed by atoms with E-state index < -0.39 is 5.91 Å². The zero-order valence-electron chi connectivity index (χ0n) is 11.6. The molecule has 0 aliphatic rings. The molecule has 0 radical (unpaired) electrons. The van der Waals surface area contributed by atoms with Crippen LogP contribution >= 0.6 is 0 Å². The van der Waals surface area contributed by atoms with Gasteiger partial charge in [0.1, 0.15) is 5.82 Å². The van der Waals surface area contributed by atoms with E-state index in [-0.39, 0.29) is 11.3 Å². The third-order valence-electron chi connectivity index (χ3n) is 3.26. The molecule has 0 unspecified atom stereocenters. The number of aryl methyl sites for hydroxylation is 1. The third-order valence-corrected chi connectivity index (χ3v) is 3.26. The van der Waals surface area contributed by atoms with E-state index in [0.717, 1.165) is 12.1 Å². The first-order valence-electron chi connectivity index (χ1n) is 6.41. The number of primary amides is 1. The molecular formula is C15H18N4O. The van der Waals surface area contributed by atoms with Gasteiger partial charge in [-0.2, -0.15) is 0 Å². The van der Waals surface area contributed by atoms with Crippen LogP contribution in [0.4, 0.5) is 17.2 Å². The number of nitrogens with zero attached hydrogens (tertiary/aromatic N) is 2. The molecule has 0 spiro atoms. The molecule has 0 saturated heterocycles. The van der Waals surface area contributed by atoms with Crippen LogP contribution in [0.5, 0.6) is 0 Å². The van der Waals surface area contributed by atoms with E-state index in [1.54, 1.807) is 6.07 Å². The summed E-state index contributed by atoms with van der Waals surface area (Å²) in [5.74, 6) is 0.0677. The Morgan fingerprint density at radius 1 is 1.30 bits per heavy atom. The molecule has 20 heavy (non-hydrogen) atoms. The van der Waals surface area contributed by atoms with Crippen LogP contribution in [0.3, 0.4) is 0 Å². The number of benzene rings is 1. The molecule has 0 aliphatic heterocycles. The van der Waals surface area contributed by atoms with Gasteiger partial charge in [0.05, 0.1) is 17.4 Å². The number of amides is 1. The molecule has 0 fully saturated rings. The lowest BCUT2D eigenvalue weighted by Crippen LogP contribution is -2.17. The second kappa shape index (κ2) is 5.61. The van der Waals surface area contributed by atoms with Crippen LogP contribution in [0.15, 0.2) is 36.5 Å². The predicted octanol–water partition coefficient (Wildman–Crippen LogP) is 2.09. The summed E-state index contributed by atoms with van der Waals surface area (Å²) in [7, 11) is 1.88. The van der Waals surface area contributed by atoms with Gasteiger partial charge in [-0.1, -0.05) is 19.1 Å². The molecule has 2 rings (SSSR count). The number of hydrogen-bond acceptors (Lipinski definition) is 4. The van der Waals surface area contributed by atoms with Crippen LogP contribution in [0, 0.1) is 0 Å². The van der Waals surface area contributed by atoms with Crippen molar-refractivity contribution in [1.82, 2.24) is 4.98 Å². The Balaban J connectivity index is 2.34. The van der Waals surface area contributed by atoms with Crippen LogP contribution in [-0.4, -0.2) is 17.9 Å². The number of rotatable bonds is 4. The lowest BCUT2D eigenvalue weighted by atomic mass is 10.1. The Kier molecular flexibility index (Phi) is 3.89. The maximum atomic E-state index is 11.3. The van der Waals surface area contributed by atoms with E-state index in [2.05, 4.69) is 24.0 Å². The Morgan fingerprint density at radius 3 is 2.50 bits per heavy atom. The van der Waals surface area contributed by atoms with Crippen molar-refractivity contribution in [3.05, 3.63) is 47.7 Å². The van der Waals surface area contributed by atoms with Gasteiger partial charge in [0, 0.05) is 12.7 Å². The van der Waals surface area contributed by atoms with E-state index in [0.29, 0.717) is 5.82 Å². The molecule has 4 N–H and O–H groups in total. The minimum Gasteiger partial charge on any atom is -0.397 e. The topological polar surface area (TPSA) is 85.2 Å². The van der Waals surface area contributed by atoms with Crippen molar-refractivity contribution in [3.63, 3.8) is 0 Å². The van der Waals surface area contributed by atoms with Gasteiger partial charge in [-0.25, -0.2) is 4.98 Å². The van der Waals surface area contributed by atoms with Gasteiger partial charge in [-0.05, 0) is 30.2 Å². The van der Waals surface area contributed by atoms with Crippen molar-refractivity contribution in [2.75, 3.05) is 17.7 Å². The van der Waals surface area contributed by atoms with Crippen molar-refractivity contribution in [1.29, 1.82) is 0 Å². The standard InChI is InChI=1S/C15H18N4O/c1-3-10-4-6-11(7-5-10)19(2)14-8-12(15(17)20)13(16)9-18-14/h4-9H,3,16H2,1-2H3,(H2,17,20). The Morgan fingerprint density at radius 2 is 1.95 bits per heavy atom. The first-order valence-corrected chi connectivity index (χ1v) is 6.41. The predicted molar refractivity (Wildman–Crippen MR) is 81.1 cm³/mol. The summed E-state index contributed by atoms with van der Waals surface area (Å²) in [6.45, 7) is 2.11. The van der Waals surface area contributed by atoms with Crippen LogP contribution in [0.2, 0.25) is 0 Å². The molecule has 0 aliphatic carbocycles. The van der Waals surface area contributed by atoms with Crippen molar-refractivity contribution in [3.8, 4) is 0 Å². The van der Waals surface area contributed by atoms with Gasteiger partial charge in [0.2, 0.25) is 0 Å². The highest BCUT2D eigenvalue weighted by atomic mass is 16.1. The lowest BCUT2D eigenvalue weighted by molar-refractivity contribution is 0.100. The molecular weight excluding hydrogens is 252 g/mol. The highest BCUT2D eigenvalue weighted by Gasteiger charge is 2.11. The average molecular weight is 270 g/mol. The molecule has 1 aromatic heterocycles. The third kappa shape index (κ3) is 2.71. The van der Waals surface area contributed by atoms with Crippen molar-refractivity contribution < 1.29 is 4.79 Å². The summed E-state index contributed by atoms with van der Waals surface area (Å²) in [5.41, 5.74) is 13.8. The number of nitrogen functional groups attached to an aromatic ring is 1. The summed E-state index contributed by atoms with van der Waals surface area (Å²) >= 11 is 0. The number of carbonyl (C=O) groups excluding carboxylic acids is 1. The van der Waals surface area contributed by atoms with E-state index >= 15 is 0 Å². The molecule has 0 bridgehead atoms. The number of hydrogen-bond donors (Lipinski definition) is 2. The summed E-state index contributed by atoms with van der Waals surface area (Å²) in [5, 5.41) is 0. The molecule has 0 saturated carbocycles. The van der Waals surface area contributed by atoms with E-state index in [9.17, 15) is 4.79 Å². The first-order chi connectivity index (χ1) is 9.52. The smallest absolute Gasteiger partial charge is 0.250 e. The summed E-state index contributed by atoms with van der Waals surface area (Å²) in [6.07, 6.45) is 2.45. The second-order valence-electron chi connectivity index (χ2n) is 4.57. The number of carbonyl (C=O) groups is 1. The summed E-state index contributed by atoms with van der Waals surface area (Å²) in [4.78, 5) is 17.4.